The topological polar surface area (TPSA) is 17.1 Å². The molecule has 7 aromatic rings. The third-order valence-corrected chi connectivity index (χ3v) is 9.72. The summed E-state index contributed by atoms with van der Waals surface area (Å²) >= 11 is 0. The van der Waals surface area contributed by atoms with Gasteiger partial charge in [0.2, 0.25) is 5.78 Å². The summed E-state index contributed by atoms with van der Waals surface area (Å²) in [5, 5.41) is 9.68. The highest BCUT2D eigenvalue weighted by Gasteiger charge is 2.36. The van der Waals surface area contributed by atoms with E-state index in [0.717, 1.165) is 5.56 Å². The van der Waals surface area contributed by atoms with Gasteiger partial charge in [0, 0.05) is 27.1 Å². The van der Waals surface area contributed by atoms with Crippen molar-refractivity contribution in [1.29, 1.82) is 0 Å². The standard InChI is InChI=1S/C36H25OS/c37-34(25-12-2-1-3-13-25)24-38(35-30-18-8-4-14-26(30)22-27-15-5-9-19-31(27)35)36-32-20-10-6-16-28(32)23-29-17-7-11-21-33(29)36/h1-23H,24H2/q+1. The summed E-state index contributed by atoms with van der Waals surface area (Å²) in [4.78, 5) is 16.5. The minimum atomic E-state index is -0.530. The van der Waals surface area contributed by atoms with Crippen LogP contribution in [0.3, 0.4) is 0 Å². The molecule has 0 spiro atoms. The molecule has 0 saturated carbocycles. The van der Waals surface area contributed by atoms with Crippen LogP contribution in [0.25, 0.3) is 43.1 Å². The number of carbonyl (C=O) groups is 1. The van der Waals surface area contributed by atoms with Gasteiger partial charge in [-0.15, -0.1) is 0 Å². The molecule has 0 heterocycles. The molecular formula is C36H25OS+. The van der Waals surface area contributed by atoms with Crippen molar-refractivity contribution in [2.24, 2.45) is 0 Å². The van der Waals surface area contributed by atoms with Gasteiger partial charge in [0.1, 0.15) is 0 Å². The van der Waals surface area contributed by atoms with Gasteiger partial charge in [-0.1, -0.05) is 103 Å². The van der Waals surface area contributed by atoms with Gasteiger partial charge in [-0.25, -0.2) is 0 Å². The fourth-order valence-electron chi connectivity index (χ4n) is 5.56. The Morgan fingerprint density at radius 2 is 0.789 bits per heavy atom. The van der Waals surface area contributed by atoms with E-state index in [1.807, 2.05) is 30.3 Å². The Balaban J connectivity index is 1.61. The van der Waals surface area contributed by atoms with Crippen LogP contribution in [0.15, 0.2) is 149 Å². The third kappa shape index (κ3) is 3.86. The van der Waals surface area contributed by atoms with Crippen LogP contribution in [0, 0.1) is 0 Å². The molecule has 2 heteroatoms. The van der Waals surface area contributed by atoms with Gasteiger partial charge in [0.15, 0.2) is 15.5 Å². The van der Waals surface area contributed by atoms with E-state index in [1.54, 1.807) is 0 Å². The molecule has 0 aliphatic carbocycles. The summed E-state index contributed by atoms with van der Waals surface area (Å²) in [6.07, 6.45) is 0. The molecule has 0 atom stereocenters. The molecule has 180 valence electrons. The summed E-state index contributed by atoms with van der Waals surface area (Å²) in [5.41, 5.74) is 0.763. The molecular weight excluding hydrogens is 480 g/mol. The van der Waals surface area contributed by atoms with Gasteiger partial charge < -0.3 is 0 Å². The number of carbonyl (C=O) groups excluding carboxylic acids is 1. The first kappa shape index (κ1) is 22.8. The van der Waals surface area contributed by atoms with E-state index in [-0.39, 0.29) is 5.78 Å². The minimum absolute atomic E-state index is 0.169. The highest BCUT2D eigenvalue weighted by molar-refractivity contribution is 7.98. The monoisotopic (exact) mass is 505 g/mol. The molecule has 1 nitrogen and oxygen atoms in total. The van der Waals surface area contributed by atoms with Gasteiger partial charge in [0.25, 0.3) is 0 Å². The first-order chi connectivity index (χ1) is 18.8. The van der Waals surface area contributed by atoms with Crippen molar-refractivity contribution in [3.63, 3.8) is 0 Å². The molecule has 0 fully saturated rings. The maximum Gasteiger partial charge on any atom is 0.212 e. The lowest BCUT2D eigenvalue weighted by atomic mass is 10.0. The molecule has 0 unspecified atom stereocenters. The summed E-state index contributed by atoms with van der Waals surface area (Å²) in [6.45, 7) is 0. The minimum Gasteiger partial charge on any atom is -0.289 e. The van der Waals surface area contributed by atoms with Gasteiger partial charge in [-0.2, -0.15) is 0 Å². The first-order valence-electron chi connectivity index (χ1n) is 12.9. The zero-order valence-electron chi connectivity index (χ0n) is 20.8. The lowest BCUT2D eigenvalue weighted by Gasteiger charge is -2.17. The second kappa shape index (κ2) is 9.48. The number of hydrogen-bond donors (Lipinski definition) is 0. The molecule has 0 amide bonds. The Labute approximate surface area is 224 Å². The second-order valence-electron chi connectivity index (χ2n) is 9.62. The summed E-state index contributed by atoms with van der Waals surface area (Å²) in [5.74, 6) is 0.586. The fourth-order valence-corrected chi connectivity index (χ4v) is 8.29. The maximum atomic E-state index is 14.0. The van der Waals surface area contributed by atoms with E-state index in [1.165, 1.54) is 52.9 Å². The zero-order chi connectivity index (χ0) is 25.5. The van der Waals surface area contributed by atoms with Crippen molar-refractivity contribution in [1.82, 2.24) is 0 Å². The van der Waals surface area contributed by atoms with Crippen molar-refractivity contribution in [2.45, 2.75) is 9.79 Å². The Bertz CT molecular complexity index is 1750. The Hall–Kier alpha value is -4.40. The SMILES string of the molecule is O=C(C[S+](c1c2ccccc2cc2ccccc12)c1c2ccccc2cc2ccccc12)c1ccccc1. The van der Waals surface area contributed by atoms with Crippen LogP contribution in [0.2, 0.25) is 0 Å². The molecule has 0 aromatic heterocycles. The Kier molecular flexibility index (Phi) is 5.68. The molecule has 0 saturated heterocycles. The van der Waals surface area contributed by atoms with E-state index in [0.29, 0.717) is 5.75 Å². The number of ketones is 1. The van der Waals surface area contributed by atoms with Crippen LogP contribution < -0.4 is 0 Å². The molecule has 7 rings (SSSR count). The van der Waals surface area contributed by atoms with E-state index < -0.39 is 10.9 Å². The largest absolute Gasteiger partial charge is 0.289 e. The Morgan fingerprint density at radius 1 is 0.447 bits per heavy atom. The summed E-state index contributed by atoms with van der Waals surface area (Å²) in [6, 6.07) is 48.8. The van der Waals surface area contributed by atoms with E-state index >= 15 is 0 Å². The highest BCUT2D eigenvalue weighted by Crippen LogP contribution is 2.42. The van der Waals surface area contributed by atoms with Crippen molar-refractivity contribution < 1.29 is 4.79 Å². The molecule has 0 aliphatic rings. The van der Waals surface area contributed by atoms with Crippen LogP contribution in [0.4, 0.5) is 0 Å². The average Bonchev–Trinajstić information content (AvgIpc) is 2.98. The zero-order valence-corrected chi connectivity index (χ0v) is 21.6. The van der Waals surface area contributed by atoms with Crippen molar-refractivity contribution >= 4 is 59.8 Å². The fraction of sp³-hybridized carbons (Fsp3) is 0.0278. The summed E-state index contributed by atoms with van der Waals surface area (Å²) in [7, 11) is -0.530. The van der Waals surface area contributed by atoms with Gasteiger partial charge >= 0.3 is 0 Å². The van der Waals surface area contributed by atoms with Crippen molar-refractivity contribution in [3.05, 3.63) is 145 Å². The predicted molar refractivity (Wildman–Crippen MR) is 162 cm³/mol. The first-order valence-corrected chi connectivity index (χ1v) is 14.3. The molecule has 0 radical (unpaired) electrons. The summed E-state index contributed by atoms with van der Waals surface area (Å²) < 4.78 is 0. The van der Waals surface area contributed by atoms with Crippen LogP contribution in [0.1, 0.15) is 10.4 Å². The highest BCUT2D eigenvalue weighted by atomic mass is 32.2. The predicted octanol–water partition coefficient (Wildman–Crippen LogP) is 9.22. The number of fused-ring (bicyclic) bond motifs is 4. The van der Waals surface area contributed by atoms with E-state index in [2.05, 4.69) is 109 Å². The molecule has 0 aliphatic heterocycles. The number of rotatable bonds is 5. The van der Waals surface area contributed by atoms with E-state index in [9.17, 15) is 4.79 Å². The lowest BCUT2D eigenvalue weighted by molar-refractivity contribution is 0.102. The second-order valence-corrected chi connectivity index (χ2v) is 11.5. The van der Waals surface area contributed by atoms with Crippen molar-refractivity contribution in [2.75, 3.05) is 5.75 Å². The number of Topliss-reactive ketones (excluding diaryl/α,β-unsaturated/α-hetero) is 1. The van der Waals surface area contributed by atoms with Gasteiger partial charge in [-0.3, -0.25) is 4.79 Å². The van der Waals surface area contributed by atoms with Crippen LogP contribution >= 0.6 is 0 Å². The third-order valence-electron chi connectivity index (χ3n) is 7.31. The maximum absolute atomic E-state index is 14.0. The van der Waals surface area contributed by atoms with Gasteiger partial charge in [-0.05, 0) is 57.9 Å². The van der Waals surface area contributed by atoms with Crippen LogP contribution in [-0.2, 0) is 10.9 Å². The Morgan fingerprint density at radius 3 is 1.18 bits per heavy atom. The number of benzene rings is 7. The van der Waals surface area contributed by atoms with Crippen LogP contribution in [0.5, 0.6) is 0 Å². The molecule has 0 bridgehead atoms. The van der Waals surface area contributed by atoms with Crippen LogP contribution in [-0.4, -0.2) is 11.5 Å². The lowest BCUT2D eigenvalue weighted by Crippen LogP contribution is -2.19. The quantitative estimate of drug-likeness (QED) is 0.129. The normalized spacial score (nSPS) is 11.6. The number of hydrogen-bond acceptors (Lipinski definition) is 1. The van der Waals surface area contributed by atoms with Gasteiger partial charge in [0.05, 0.1) is 10.9 Å². The smallest absolute Gasteiger partial charge is 0.212 e. The molecule has 38 heavy (non-hydrogen) atoms. The molecule has 7 aromatic carbocycles. The molecule has 0 N–H and O–H groups in total. The van der Waals surface area contributed by atoms with Crippen molar-refractivity contribution in [3.8, 4) is 0 Å². The van der Waals surface area contributed by atoms with E-state index in [4.69, 9.17) is 0 Å². The average molecular weight is 506 g/mol.